The summed E-state index contributed by atoms with van der Waals surface area (Å²) >= 11 is 0. The van der Waals surface area contributed by atoms with Crippen LogP contribution in [0.15, 0.2) is 17.1 Å². The Morgan fingerprint density at radius 2 is 2.25 bits per heavy atom. The van der Waals surface area contributed by atoms with E-state index in [9.17, 15) is 4.79 Å². The summed E-state index contributed by atoms with van der Waals surface area (Å²) < 4.78 is 0. The maximum absolute atomic E-state index is 11.2. The highest BCUT2D eigenvalue weighted by atomic mass is 16.1. The van der Waals surface area contributed by atoms with Crippen molar-refractivity contribution in [2.75, 3.05) is 5.73 Å². The number of nitrogens with two attached hydrogens (primary N) is 1. The van der Waals surface area contributed by atoms with Gasteiger partial charge in [-0.05, 0) is 18.4 Å². The summed E-state index contributed by atoms with van der Waals surface area (Å²) in [7, 11) is 0. The van der Waals surface area contributed by atoms with Crippen molar-refractivity contribution in [3.63, 3.8) is 0 Å². The van der Waals surface area contributed by atoms with Crippen molar-refractivity contribution in [1.29, 1.82) is 0 Å². The second-order valence-electron chi connectivity index (χ2n) is 3.34. The molecule has 1 aromatic rings. The van der Waals surface area contributed by atoms with Crippen LogP contribution in [-0.4, -0.2) is 4.98 Å². The number of H-pyrrole nitrogens is 1. The van der Waals surface area contributed by atoms with E-state index in [2.05, 4.69) is 18.8 Å². The molecule has 0 aromatic carbocycles. The van der Waals surface area contributed by atoms with E-state index in [0.29, 0.717) is 17.2 Å². The number of hydrogen-bond donors (Lipinski definition) is 2. The lowest BCUT2D eigenvalue weighted by Crippen LogP contribution is -2.16. The van der Waals surface area contributed by atoms with E-state index in [1.54, 1.807) is 12.3 Å². The maximum Gasteiger partial charge on any atom is 0.253 e. The number of aromatic nitrogens is 1. The molecule has 0 radical (unpaired) electrons. The first kappa shape index (κ1) is 8.84. The zero-order valence-electron chi connectivity index (χ0n) is 7.42. The van der Waals surface area contributed by atoms with Crippen molar-refractivity contribution in [3.05, 3.63) is 28.2 Å². The average Bonchev–Trinajstić information content (AvgIpc) is 1.97. The van der Waals surface area contributed by atoms with Gasteiger partial charge in [0.2, 0.25) is 0 Å². The van der Waals surface area contributed by atoms with Gasteiger partial charge in [-0.3, -0.25) is 4.79 Å². The summed E-state index contributed by atoms with van der Waals surface area (Å²) in [6.07, 6.45) is 2.31. The van der Waals surface area contributed by atoms with Crippen LogP contribution in [0.25, 0.3) is 0 Å². The number of pyridine rings is 1. The first-order valence-electron chi connectivity index (χ1n) is 4.07. The maximum atomic E-state index is 11.2. The van der Waals surface area contributed by atoms with Crippen molar-refractivity contribution in [2.45, 2.75) is 20.3 Å². The smallest absolute Gasteiger partial charge is 0.253 e. The van der Waals surface area contributed by atoms with E-state index in [4.69, 9.17) is 5.73 Å². The predicted molar refractivity (Wildman–Crippen MR) is 50.0 cm³/mol. The Morgan fingerprint density at radius 1 is 1.58 bits per heavy atom. The third-order valence-corrected chi connectivity index (χ3v) is 1.71. The minimum Gasteiger partial charge on any atom is -0.398 e. The highest BCUT2D eigenvalue weighted by Crippen LogP contribution is 2.09. The first-order valence-corrected chi connectivity index (χ1v) is 4.07. The molecule has 0 saturated carbocycles. The van der Waals surface area contributed by atoms with Crippen LogP contribution < -0.4 is 11.3 Å². The third-order valence-electron chi connectivity index (χ3n) is 1.71. The molecule has 1 rings (SSSR count). The molecular formula is C9H14N2O. The van der Waals surface area contributed by atoms with E-state index >= 15 is 0 Å². The molecule has 12 heavy (non-hydrogen) atoms. The van der Waals surface area contributed by atoms with Gasteiger partial charge in [-0.2, -0.15) is 0 Å². The molecule has 3 N–H and O–H groups in total. The fourth-order valence-electron chi connectivity index (χ4n) is 1.14. The Labute approximate surface area is 71.6 Å². The van der Waals surface area contributed by atoms with Crippen LogP contribution in [0.1, 0.15) is 19.4 Å². The predicted octanol–water partition coefficient (Wildman–Crippen LogP) is 1.16. The fraction of sp³-hybridized carbons (Fsp3) is 0.444. The van der Waals surface area contributed by atoms with Gasteiger partial charge < -0.3 is 10.7 Å². The van der Waals surface area contributed by atoms with Gasteiger partial charge in [0.15, 0.2) is 0 Å². The van der Waals surface area contributed by atoms with Gasteiger partial charge in [0.1, 0.15) is 0 Å². The normalized spacial score (nSPS) is 10.6. The third kappa shape index (κ3) is 1.87. The Hall–Kier alpha value is -1.25. The summed E-state index contributed by atoms with van der Waals surface area (Å²) in [6.45, 7) is 4.12. The molecule has 1 aromatic heterocycles. The number of hydrogen-bond acceptors (Lipinski definition) is 2. The number of nitrogens with one attached hydrogen (secondary N) is 1. The van der Waals surface area contributed by atoms with Gasteiger partial charge in [-0.15, -0.1) is 0 Å². The summed E-state index contributed by atoms with van der Waals surface area (Å²) in [6, 6.07) is 1.72. The second kappa shape index (κ2) is 3.43. The average molecular weight is 166 g/mol. The zero-order valence-corrected chi connectivity index (χ0v) is 7.42. The van der Waals surface area contributed by atoms with Gasteiger partial charge >= 0.3 is 0 Å². The summed E-state index contributed by atoms with van der Waals surface area (Å²) in [4.78, 5) is 13.9. The molecular weight excluding hydrogens is 152 g/mol. The van der Waals surface area contributed by atoms with Gasteiger partial charge in [0.25, 0.3) is 5.56 Å². The minimum atomic E-state index is -0.0660. The lowest BCUT2D eigenvalue weighted by molar-refractivity contribution is 0.643. The summed E-state index contributed by atoms with van der Waals surface area (Å²) in [5.74, 6) is 0.454. The van der Waals surface area contributed by atoms with Crippen LogP contribution in [0, 0.1) is 5.92 Å². The van der Waals surface area contributed by atoms with Crippen LogP contribution >= 0.6 is 0 Å². The van der Waals surface area contributed by atoms with Crippen LogP contribution in [-0.2, 0) is 6.42 Å². The standard InChI is InChI=1S/C9H14N2O/c1-6(2)5-7-8(10)3-4-11-9(7)12/h3-4,6H,5H2,1-2H3,(H3,10,11,12). The van der Waals surface area contributed by atoms with Crippen LogP contribution in [0.5, 0.6) is 0 Å². The quantitative estimate of drug-likeness (QED) is 0.692. The highest BCUT2D eigenvalue weighted by Gasteiger charge is 2.05. The lowest BCUT2D eigenvalue weighted by atomic mass is 10.0. The number of rotatable bonds is 2. The van der Waals surface area contributed by atoms with E-state index in [-0.39, 0.29) is 5.56 Å². The molecule has 3 nitrogen and oxygen atoms in total. The van der Waals surface area contributed by atoms with Crippen molar-refractivity contribution >= 4 is 5.69 Å². The van der Waals surface area contributed by atoms with E-state index < -0.39 is 0 Å². The molecule has 0 bridgehead atoms. The molecule has 0 aliphatic carbocycles. The Morgan fingerprint density at radius 3 is 2.75 bits per heavy atom. The Bertz CT molecular complexity index is 315. The van der Waals surface area contributed by atoms with Gasteiger partial charge in [-0.25, -0.2) is 0 Å². The molecule has 0 aliphatic heterocycles. The molecule has 0 spiro atoms. The van der Waals surface area contributed by atoms with E-state index in [1.807, 2.05) is 0 Å². The molecule has 0 saturated heterocycles. The summed E-state index contributed by atoms with van der Waals surface area (Å²) in [5.41, 5.74) is 6.88. The molecule has 66 valence electrons. The molecule has 0 amide bonds. The Kier molecular flexibility index (Phi) is 2.53. The zero-order chi connectivity index (χ0) is 9.14. The monoisotopic (exact) mass is 166 g/mol. The van der Waals surface area contributed by atoms with Crippen LogP contribution in [0.4, 0.5) is 5.69 Å². The van der Waals surface area contributed by atoms with E-state index in [0.717, 1.165) is 6.42 Å². The fourth-order valence-corrected chi connectivity index (χ4v) is 1.14. The second-order valence-corrected chi connectivity index (χ2v) is 3.34. The van der Waals surface area contributed by atoms with Crippen molar-refractivity contribution in [1.82, 2.24) is 4.98 Å². The molecule has 3 heteroatoms. The molecule has 0 aliphatic rings. The number of aromatic amines is 1. The van der Waals surface area contributed by atoms with Crippen molar-refractivity contribution < 1.29 is 0 Å². The lowest BCUT2D eigenvalue weighted by Gasteiger charge is -2.05. The van der Waals surface area contributed by atoms with Gasteiger partial charge in [0.05, 0.1) is 0 Å². The minimum absolute atomic E-state index is 0.0660. The first-order chi connectivity index (χ1) is 5.61. The molecule has 0 atom stereocenters. The molecule has 0 unspecified atom stereocenters. The Balaban J connectivity index is 3.05. The largest absolute Gasteiger partial charge is 0.398 e. The number of nitrogen functional groups attached to an aromatic ring is 1. The topological polar surface area (TPSA) is 58.9 Å². The highest BCUT2D eigenvalue weighted by molar-refractivity contribution is 5.44. The van der Waals surface area contributed by atoms with Gasteiger partial charge in [0, 0.05) is 17.4 Å². The SMILES string of the molecule is CC(C)Cc1c(N)cc[nH]c1=O. The van der Waals surface area contributed by atoms with Crippen LogP contribution in [0.2, 0.25) is 0 Å². The van der Waals surface area contributed by atoms with Gasteiger partial charge in [-0.1, -0.05) is 13.8 Å². The van der Waals surface area contributed by atoms with Crippen molar-refractivity contribution in [3.8, 4) is 0 Å². The van der Waals surface area contributed by atoms with E-state index in [1.165, 1.54) is 0 Å². The van der Waals surface area contributed by atoms with Crippen molar-refractivity contribution in [2.24, 2.45) is 5.92 Å². The number of anilines is 1. The van der Waals surface area contributed by atoms with Crippen LogP contribution in [0.3, 0.4) is 0 Å². The molecule has 0 fully saturated rings. The molecule has 1 heterocycles. The summed E-state index contributed by atoms with van der Waals surface area (Å²) in [5, 5.41) is 0.